The molecule has 0 aliphatic carbocycles. The molecular formula is C14H22N6O. The van der Waals surface area contributed by atoms with Crippen LogP contribution in [0.1, 0.15) is 6.92 Å². The van der Waals surface area contributed by atoms with E-state index < -0.39 is 0 Å². The molecule has 1 fully saturated rings. The van der Waals surface area contributed by atoms with Gasteiger partial charge in [-0.25, -0.2) is 9.97 Å². The van der Waals surface area contributed by atoms with Crippen LogP contribution >= 0.6 is 0 Å². The number of rotatable bonds is 5. The molecule has 3 heterocycles. The van der Waals surface area contributed by atoms with E-state index >= 15 is 0 Å². The normalized spacial score (nSPS) is 19.8. The van der Waals surface area contributed by atoms with Gasteiger partial charge in [0.25, 0.3) is 0 Å². The SMILES string of the molecule is CCNc1cn2ccnc2c(NCC2CN(C)CCO2)n1. The van der Waals surface area contributed by atoms with E-state index in [4.69, 9.17) is 4.74 Å². The van der Waals surface area contributed by atoms with Gasteiger partial charge in [-0.2, -0.15) is 0 Å². The van der Waals surface area contributed by atoms with E-state index in [1.807, 2.05) is 16.8 Å². The quantitative estimate of drug-likeness (QED) is 0.853. The Balaban J connectivity index is 1.74. The Labute approximate surface area is 124 Å². The molecule has 0 amide bonds. The van der Waals surface area contributed by atoms with Gasteiger partial charge in [-0.05, 0) is 14.0 Å². The minimum Gasteiger partial charge on any atom is -0.374 e. The van der Waals surface area contributed by atoms with Gasteiger partial charge in [-0.1, -0.05) is 0 Å². The van der Waals surface area contributed by atoms with Gasteiger partial charge in [0.1, 0.15) is 5.82 Å². The van der Waals surface area contributed by atoms with Crippen LogP contribution in [0.4, 0.5) is 11.6 Å². The smallest absolute Gasteiger partial charge is 0.180 e. The summed E-state index contributed by atoms with van der Waals surface area (Å²) in [7, 11) is 2.12. The average molecular weight is 290 g/mol. The Hall–Kier alpha value is -1.86. The van der Waals surface area contributed by atoms with Crippen molar-refractivity contribution < 1.29 is 4.74 Å². The largest absolute Gasteiger partial charge is 0.374 e. The number of hydrogen-bond acceptors (Lipinski definition) is 6. The van der Waals surface area contributed by atoms with Crippen molar-refractivity contribution in [3.8, 4) is 0 Å². The van der Waals surface area contributed by atoms with Gasteiger partial charge in [-0.15, -0.1) is 0 Å². The highest BCUT2D eigenvalue weighted by molar-refractivity contribution is 5.65. The first-order valence-electron chi connectivity index (χ1n) is 7.38. The second kappa shape index (κ2) is 6.28. The van der Waals surface area contributed by atoms with Crippen LogP contribution in [0.25, 0.3) is 5.65 Å². The van der Waals surface area contributed by atoms with Gasteiger partial charge < -0.3 is 24.7 Å². The molecule has 0 aromatic carbocycles. The molecule has 7 nitrogen and oxygen atoms in total. The van der Waals surface area contributed by atoms with Crippen LogP contribution in [0, 0.1) is 0 Å². The van der Waals surface area contributed by atoms with Crippen molar-refractivity contribution >= 4 is 17.3 Å². The zero-order valence-electron chi connectivity index (χ0n) is 12.5. The highest BCUT2D eigenvalue weighted by Crippen LogP contribution is 2.16. The number of nitrogens with one attached hydrogen (secondary N) is 2. The number of morpholine rings is 1. The molecule has 1 atom stereocenters. The number of imidazole rings is 1. The molecule has 114 valence electrons. The first-order chi connectivity index (χ1) is 10.3. The number of nitrogens with zero attached hydrogens (tertiary/aromatic N) is 4. The summed E-state index contributed by atoms with van der Waals surface area (Å²) < 4.78 is 7.74. The Morgan fingerprint density at radius 3 is 3.14 bits per heavy atom. The molecule has 2 aromatic heterocycles. The Morgan fingerprint density at radius 1 is 1.43 bits per heavy atom. The van der Waals surface area contributed by atoms with Crippen LogP contribution in [-0.4, -0.2) is 65.2 Å². The molecule has 2 aromatic rings. The van der Waals surface area contributed by atoms with E-state index in [0.29, 0.717) is 0 Å². The maximum Gasteiger partial charge on any atom is 0.180 e. The standard InChI is InChI=1S/C14H22N6O/c1-3-15-12-10-20-5-4-16-14(20)13(18-12)17-8-11-9-19(2)6-7-21-11/h4-5,10-11,15H,3,6-9H2,1-2H3,(H,17,18). The van der Waals surface area contributed by atoms with Crippen molar-refractivity contribution in [2.24, 2.45) is 0 Å². The predicted molar refractivity (Wildman–Crippen MR) is 82.9 cm³/mol. The lowest BCUT2D eigenvalue weighted by Gasteiger charge is -2.30. The van der Waals surface area contributed by atoms with Gasteiger partial charge in [0.2, 0.25) is 0 Å². The number of aromatic nitrogens is 3. The lowest BCUT2D eigenvalue weighted by Crippen LogP contribution is -2.43. The van der Waals surface area contributed by atoms with Gasteiger partial charge in [0.15, 0.2) is 11.5 Å². The van der Waals surface area contributed by atoms with Crippen molar-refractivity contribution in [2.45, 2.75) is 13.0 Å². The van der Waals surface area contributed by atoms with E-state index in [1.165, 1.54) is 0 Å². The second-order valence-electron chi connectivity index (χ2n) is 5.30. The minimum atomic E-state index is 0.184. The van der Waals surface area contributed by atoms with Gasteiger partial charge in [0.05, 0.1) is 18.9 Å². The molecule has 0 saturated carbocycles. The highest BCUT2D eigenvalue weighted by atomic mass is 16.5. The summed E-state index contributed by atoms with van der Waals surface area (Å²) in [6, 6.07) is 0. The molecule has 1 saturated heterocycles. The topological polar surface area (TPSA) is 66.7 Å². The van der Waals surface area contributed by atoms with Crippen LogP contribution in [0.3, 0.4) is 0 Å². The fraction of sp³-hybridized carbons (Fsp3) is 0.571. The molecule has 2 N–H and O–H groups in total. The predicted octanol–water partition coefficient (Wildman–Crippen LogP) is 0.904. The van der Waals surface area contributed by atoms with E-state index in [0.717, 1.165) is 50.1 Å². The molecule has 21 heavy (non-hydrogen) atoms. The summed E-state index contributed by atoms with van der Waals surface area (Å²) in [5.41, 5.74) is 0.834. The monoisotopic (exact) mass is 290 g/mol. The van der Waals surface area contributed by atoms with Crippen molar-refractivity contribution in [1.82, 2.24) is 19.3 Å². The number of anilines is 2. The number of likely N-dealkylation sites (N-methyl/N-ethyl adjacent to an activating group) is 1. The first kappa shape index (κ1) is 14.1. The summed E-state index contributed by atoms with van der Waals surface area (Å²) in [5, 5.41) is 6.61. The molecule has 0 spiro atoms. The fourth-order valence-electron chi connectivity index (χ4n) is 2.52. The third kappa shape index (κ3) is 3.25. The third-order valence-corrected chi connectivity index (χ3v) is 3.57. The molecule has 1 aliphatic rings. The van der Waals surface area contributed by atoms with E-state index in [-0.39, 0.29) is 6.10 Å². The second-order valence-corrected chi connectivity index (χ2v) is 5.30. The summed E-state index contributed by atoms with van der Waals surface area (Å²) in [4.78, 5) is 11.2. The Kier molecular flexibility index (Phi) is 4.21. The molecule has 7 heteroatoms. The average Bonchev–Trinajstić information content (AvgIpc) is 2.93. The molecule has 1 unspecified atom stereocenters. The van der Waals surface area contributed by atoms with Crippen LogP contribution in [0.5, 0.6) is 0 Å². The molecule has 3 rings (SSSR count). The fourth-order valence-corrected chi connectivity index (χ4v) is 2.52. The summed E-state index contributed by atoms with van der Waals surface area (Å²) in [5.74, 6) is 1.63. The zero-order valence-corrected chi connectivity index (χ0v) is 12.5. The van der Waals surface area contributed by atoms with Crippen molar-refractivity contribution in [3.63, 3.8) is 0 Å². The third-order valence-electron chi connectivity index (χ3n) is 3.57. The van der Waals surface area contributed by atoms with Crippen molar-refractivity contribution in [2.75, 3.05) is 50.5 Å². The first-order valence-corrected chi connectivity index (χ1v) is 7.38. The van der Waals surface area contributed by atoms with Gasteiger partial charge in [-0.3, -0.25) is 0 Å². The van der Waals surface area contributed by atoms with E-state index in [2.05, 4.69) is 39.5 Å². The van der Waals surface area contributed by atoms with Crippen LogP contribution in [0.15, 0.2) is 18.6 Å². The van der Waals surface area contributed by atoms with Crippen LogP contribution < -0.4 is 10.6 Å². The lowest BCUT2D eigenvalue weighted by atomic mass is 10.3. The lowest BCUT2D eigenvalue weighted by molar-refractivity contribution is -0.0117. The Bertz CT molecular complexity index is 598. The summed E-state index contributed by atoms with van der Waals surface area (Å²) >= 11 is 0. The molecule has 0 radical (unpaired) electrons. The maximum atomic E-state index is 5.77. The van der Waals surface area contributed by atoms with Crippen molar-refractivity contribution in [3.05, 3.63) is 18.6 Å². The Morgan fingerprint density at radius 2 is 2.33 bits per heavy atom. The zero-order chi connectivity index (χ0) is 14.7. The summed E-state index contributed by atoms with van der Waals surface area (Å²) in [6.45, 7) is 6.34. The number of fused-ring (bicyclic) bond motifs is 1. The van der Waals surface area contributed by atoms with Gasteiger partial charge >= 0.3 is 0 Å². The van der Waals surface area contributed by atoms with Gasteiger partial charge in [0, 0.05) is 38.6 Å². The number of hydrogen-bond donors (Lipinski definition) is 2. The number of ether oxygens (including phenoxy) is 1. The minimum absolute atomic E-state index is 0.184. The van der Waals surface area contributed by atoms with Crippen LogP contribution in [0.2, 0.25) is 0 Å². The molecule has 1 aliphatic heterocycles. The molecule has 0 bridgehead atoms. The van der Waals surface area contributed by atoms with Crippen molar-refractivity contribution in [1.29, 1.82) is 0 Å². The highest BCUT2D eigenvalue weighted by Gasteiger charge is 2.18. The maximum absolute atomic E-state index is 5.77. The summed E-state index contributed by atoms with van der Waals surface area (Å²) in [6.07, 6.45) is 5.84. The van der Waals surface area contributed by atoms with E-state index in [9.17, 15) is 0 Å². The van der Waals surface area contributed by atoms with Crippen LogP contribution in [-0.2, 0) is 4.74 Å². The molecular weight excluding hydrogens is 268 g/mol. The van der Waals surface area contributed by atoms with E-state index in [1.54, 1.807) is 6.20 Å².